The Morgan fingerprint density at radius 1 is 1.24 bits per heavy atom. The van der Waals surface area contributed by atoms with E-state index in [4.69, 9.17) is 4.74 Å². The molecule has 0 radical (unpaired) electrons. The minimum Gasteiger partial charge on any atom is -0.377 e. The molecule has 17 heavy (non-hydrogen) atoms. The van der Waals surface area contributed by atoms with Crippen molar-refractivity contribution in [3.05, 3.63) is 0 Å². The molecule has 0 bridgehead atoms. The van der Waals surface area contributed by atoms with Gasteiger partial charge in [-0.1, -0.05) is 0 Å². The van der Waals surface area contributed by atoms with Gasteiger partial charge in [-0.2, -0.15) is 0 Å². The molecule has 2 N–H and O–H groups in total. The van der Waals surface area contributed by atoms with Gasteiger partial charge >= 0.3 is 0 Å². The molecule has 0 amide bonds. The van der Waals surface area contributed by atoms with E-state index in [1.54, 1.807) is 0 Å². The van der Waals surface area contributed by atoms with Gasteiger partial charge in [0.15, 0.2) is 0 Å². The predicted molar refractivity (Wildman–Crippen MR) is 66.4 cm³/mol. The maximum atomic E-state index is 12.0. The fraction of sp³-hybridized carbons (Fsp3) is 1.00. The van der Waals surface area contributed by atoms with Crippen molar-refractivity contribution in [2.24, 2.45) is 0 Å². The Morgan fingerprint density at radius 3 is 2.76 bits per heavy atom. The van der Waals surface area contributed by atoms with E-state index in [1.165, 1.54) is 0 Å². The summed E-state index contributed by atoms with van der Waals surface area (Å²) in [6, 6.07) is 0. The largest absolute Gasteiger partial charge is 0.377 e. The third-order valence-corrected chi connectivity index (χ3v) is 5.33. The summed E-state index contributed by atoms with van der Waals surface area (Å²) in [5.41, 5.74) is 0. The number of sulfonamides is 1. The average Bonchev–Trinajstić information content (AvgIpc) is 2.39. The quantitative estimate of drug-likeness (QED) is 0.761. The molecule has 100 valence electrons. The van der Waals surface area contributed by atoms with Crippen LogP contribution in [0.15, 0.2) is 0 Å². The van der Waals surface area contributed by atoms with Crippen LogP contribution < -0.4 is 10.0 Å². The van der Waals surface area contributed by atoms with Crippen LogP contribution in [0.2, 0.25) is 0 Å². The summed E-state index contributed by atoms with van der Waals surface area (Å²) in [6.07, 6.45) is 4.95. The molecule has 0 aromatic rings. The molecule has 0 aliphatic carbocycles. The summed E-state index contributed by atoms with van der Waals surface area (Å²) in [6.45, 7) is 2.69. The second-order valence-electron chi connectivity index (χ2n) is 4.85. The highest BCUT2D eigenvalue weighted by Gasteiger charge is 2.27. The summed E-state index contributed by atoms with van der Waals surface area (Å²) in [5.74, 6) is 0. The molecule has 0 saturated carbocycles. The molecule has 0 aromatic heterocycles. The fourth-order valence-corrected chi connectivity index (χ4v) is 3.85. The van der Waals surface area contributed by atoms with Crippen LogP contribution >= 0.6 is 0 Å². The van der Waals surface area contributed by atoms with Crippen molar-refractivity contribution in [2.45, 2.75) is 43.5 Å². The highest BCUT2D eigenvalue weighted by Crippen LogP contribution is 2.14. The van der Waals surface area contributed by atoms with Crippen LogP contribution in [0.3, 0.4) is 0 Å². The van der Waals surface area contributed by atoms with Crippen LogP contribution in [0.25, 0.3) is 0 Å². The summed E-state index contributed by atoms with van der Waals surface area (Å²) in [5, 5.41) is 2.85. The van der Waals surface area contributed by atoms with E-state index < -0.39 is 10.0 Å². The molecule has 2 aliphatic rings. The lowest BCUT2D eigenvalue weighted by molar-refractivity contribution is 0.0200. The second-order valence-corrected chi connectivity index (χ2v) is 6.90. The Hall–Kier alpha value is -0.170. The van der Waals surface area contributed by atoms with Gasteiger partial charge in [-0.05, 0) is 38.6 Å². The third kappa shape index (κ3) is 3.91. The Bertz CT molecular complexity index is 320. The molecular weight excluding hydrogens is 240 g/mol. The van der Waals surface area contributed by atoms with Gasteiger partial charge in [0.2, 0.25) is 10.0 Å². The van der Waals surface area contributed by atoms with Crippen LogP contribution in [-0.2, 0) is 14.8 Å². The highest BCUT2D eigenvalue weighted by molar-refractivity contribution is 7.90. The van der Waals surface area contributed by atoms with Crippen LogP contribution in [-0.4, -0.2) is 46.0 Å². The zero-order chi connectivity index (χ0) is 12.1. The maximum Gasteiger partial charge on any atom is 0.215 e. The van der Waals surface area contributed by atoms with Crippen molar-refractivity contribution in [3.63, 3.8) is 0 Å². The Balaban J connectivity index is 1.79. The predicted octanol–water partition coefficient (Wildman–Crippen LogP) is 0.227. The molecule has 0 aromatic carbocycles. The van der Waals surface area contributed by atoms with Crippen LogP contribution in [0, 0.1) is 0 Å². The molecule has 6 heteroatoms. The van der Waals surface area contributed by atoms with E-state index in [2.05, 4.69) is 10.0 Å². The van der Waals surface area contributed by atoms with Crippen LogP contribution in [0.5, 0.6) is 0 Å². The Kier molecular flexibility index (Phi) is 4.78. The van der Waals surface area contributed by atoms with E-state index in [0.717, 1.165) is 45.3 Å². The number of nitrogens with one attached hydrogen (secondary N) is 2. The monoisotopic (exact) mass is 262 g/mol. The summed E-state index contributed by atoms with van der Waals surface area (Å²) in [4.78, 5) is 0. The van der Waals surface area contributed by atoms with Gasteiger partial charge < -0.3 is 10.1 Å². The molecular formula is C11H22N2O3S. The van der Waals surface area contributed by atoms with Crippen molar-refractivity contribution in [3.8, 4) is 0 Å². The molecule has 2 rings (SSSR count). The third-order valence-electron chi connectivity index (χ3n) is 3.48. The minimum atomic E-state index is -3.18. The van der Waals surface area contributed by atoms with Gasteiger partial charge in [0.1, 0.15) is 0 Å². The zero-order valence-electron chi connectivity index (χ0n) is 10.2. The number of hydrogen-bond acceptors (Lipinski definition) is 4. The first-order valence-electron chi connectivity index (χ1n) is 6.49. The van der Waals surface area contributed by atoms with Crippen LogP contribution in [0.1, 0.15) is 32.1 Å². The number of ether oxygens (including phenoxy) is 1. The van der Waals surface area contributed by atoms with Gasteiger partial charge in [-0.25, -0.2) is 13.1 Å². The minimum absolute atomic E-state index is 0.0649. The molecule has 2 saturated heterocycles. The van der Waals surface area contributed by atoms with Gasteiger partial charge in [-0.15, -0.1) is 0 Å². The van der Waals surface area contributed by atoms with E-state index in [9.17, 15) is 8.42 Å². The number of piperidine rings is 1. The fourth-order valence-electron chi connectivity index (χ4n) is 2.38. The highest BCUT2D eigenvalue weighted by atomic mass is 32.2. The smallest absolute Gasteiger partial charge is 0.215 e. The molecule has 5 nitrogen and oxygen atoms in total. The van der Waals surface area contributed by atoms with Crippen molar-refractivity contribution in [1.82, 2.24) is 10.0 Å². The normalized spacial score (nSPS) is 31.3. The van der Waals surface area contributed by atoms with E-state index in [0.29, 0.717) is 13.1 Å². The number of hydrogen-bond donors (Lipinski definition) is 2. The molecule has 0 spiro atoms. The Labute approximate surface area is 103 Å². The first-order valence-corrected chi connectivity index (χ1v) is 8.04. The van der Waals surface area contributed by atoms with Crippen molar-refractivity contribution < 1.29 is 13.2 Å². The van der Waals surface area contributed by atoms with E-state index in [1.807, 2.05) is 0 Å². The molecule has 2 heterocycles. The lowest BCUT2D eigenvalue weighted by Crippen LogP contribution is -2.46. The second kappa shape index (κ2) is 6.13. The lowest BCUT2D eigenvalue weighted by atomic mass is 10.1. The average molecular weight is 262 g/mol. The standard InChI is InChI=1S/C11H22N2O3S/c14-17(15,11-5-3-6-12-9-11)13-8-10-4-1-2-7-16-10/h10-13H,1-9H2. The van der Waals surface area contributed by atoms with E-state index >= 15 is 0 Å². The summed E-state index contributed by atoms with van der Waals surface area (Å²) in [7, 11) is -3.18. The van der Waals surface area contributed by atoms with Gasteiger partial charge in [0.25, 0.3) is 0 Å². The van der Waals surface area contributed by atoms with Crippen molar-refractivity contribution >= 4 is 10.0 Å². The summed E-state index contributed by atoms with van der Waals surface area (Å²) >= 11 is 0. The summed E-state index contributed by atoms with van der Waals surface area (Å²) < 4.78 is 32.3. The first-order chi connectivity index (χ1) is 8.18. The molecule has 2 aliphatic heterocycles. The zero-order valence-corrected chi connectivity index (χ0v) is 11.0. The SMILES string of the molecule is O=S(=O)(NCC1CCCCO1)C1CCCNC1. The van der Waals surface area contributed by atoms with Crippen molar-refractivity contribution in [2.75, 3.05) is 26.2 Å². The van der Waals surface area contributed by atoms with Crippen molar-refractivity contribution in [1.29, 1.82) is 0 Å². The van der Waals surface area contributed by atoms with E-state index in [-0.39, 0.29) is 11.4 Å². The number of rotatable bonds is 4. The van der Waals surface area contributed by atoms with Gasteiger partial charge in [-0.3, -0.25) is 0 Å². The molecule has 2 atom stereocenters. The van der Waals surface area contributed by atoms with Gasteiger partial charge in [0, 0.05) is 19.7 Å². The topological polar surface area (TPSA) is 67.4 Å². The van der Waals surface area contributed by atoms with Gasteiger partial charge in [0.05, 0.1) is 11.4 Å². The first kappa shape index (κ1) is 13.3. The molecule has 2 fully saturated rings. The molecule has 2 unspecified atom stereocenters. The lowest BCUT2D eigenvalue weighted by Gasteiger charge is -2.26. The Morgan fingerprint density at radius 2 is 2.12 bits per heavy atom. The van der Waals surface area contributed by atoms with Crippen LogP contribution in [0.4, 0.5) is 0 Å². The maximum absolute atomic E-state index is 12.0.